The van der Waals surface area contributed by atoms with Crippen LogP contribution in [-0.4, -0.2) is 5.78 Å². The monoisotopic (exact) mass is 291 g/mol. The van der Waals surface area contributed by atoms with E-state index in [1.165, 1.54) is 12.1 Å². The highest BCUT2D eigenvalue weighted by Crippen LogP contribution is 2.17. The Balaban J connectivity index is 1.89. The number of hydrogen-bond donors (Lipinski definition) is 1. The van der Waals surface area contributed by atoms with Crippen molar-refractivity contribution in [3.63, 3.8) is 0 Å². The maximum absolute atomic E-state index is 13.0. The molecule has 0 aliphatic heterocycles. The van der Waals surface area contributed by atoms with Crippen LogP contribution in [0.15, 0.2) is 42.5 Å². The van der Waals surface area contributed by atoms with Crippen LogP contribution in [0.1, 0.15) is 17.5 Å². The summed E-state index contributed by atoms with van der Waals surface area (Å²) in [7, 11) is 0. The molecule has 0 spiro atoms. The molecule has 0 heterocycles. The van der Waals surface area contributed by atoms with Gasteiger partial charge in [-0.2, -0.15) is 0 Å². The molecule has 0 aliphatic carbocycles. The summed E-state index contributed by atoms with van der Waals surface area (Å²) in [4.78, 5) is 11.9. The van der Waals surface area contributed by atoms with Crippen molar-refractivity contribution in [1.82, 2.24) is 0 Å². The molecule has 0 radical (unpaired) electrons. The first-order valence-electron chi connectivity index (χ1n) is 6.34. The Labute approximate surface area is 122 Å². The van der Waals surface area contributed by atoms with Crippen molar-refractivity contribution in [2.24, 2.45) is 0 Å². The van der Waals surface area contributed by atoms with Gasteiger partial charge in [-0.1, -0.05) is 29.8 Å². The SMILES string of the molecule is Nc1ccc(CCC(=O)Cc2ccc(F)c(Cl)c2)cc1. The lowest BCUT2D eigenvalue weighted by molar-refractivity contribution is -0.118. The van der Waals surface area contributed by atoms with Crippen molar-refractivity contribution in [2.45, 2.75) is 19.3 Å². The molecule has 0 bridgehead atoms. The topological polar surface area (TPSA) is 43.1 Å². The second-order valence-corrected chi connectivity index (χ2v) is 5.11. The molecule has 2 aromatic rings. The number of ketones is 1. The summed E-state index contributed by atoms with van der Waals surface area (Å²) in [5.41, 5.74) is 8.12. The lowest BCUT2D eigenvalue weighted by Gasteiger charge is -2.04. The number of Topliss-reactive ketones (excluding diaryl/α,β-unsaturated/α-hetero) is 1. The third-order valence-corrected chi connectivity index (χ3v) is 3.35. The van der Waals surface area contributed by atoms with E-state index < -0.39 is 5.82 Å². The maximum Gasteiger partial charge on any atom is 0.141 e. The van der Waals surface area contributed by atoms with Crippen LogP contribution in [0.2, 0.25) is 5.02 Å². The average Bonchev–Trinajstić information content (AvgIpc) is 2.42. The predicted octanol–water partition coefficient (Wildman–Crippen LogP) is 3.81. The number of benzene rings is 2. The fourth-order valence-corrected chi connectivity index (χ4v) is 2.14. The molecular formula is C16H15ClFNO. The van der Waals surface area contributed by atoms with Crippen molar-refractivity contribution in [3.8, 4) is 0 Å². The van der Waals surface area contributed by atoms with Crippen LogP contribution in [0.5, 0.6) is 0 Å². The molecule has 2 N–H and O–H groups in total. The van der Waals surface area contributed by atoms with Gasteiger partial charge in [-0.3, -0.25) is 4.79 Å². The number of aryl methyl sites for hydroxylation is 1. The molecule has 2 nitrogen and oxygen atoms in total. The van der Waals surface area contributed by atoms with E-state index in [1.54, 1.807) is 6.07 Å². The van der Waals surface area contributed by atoms with E-state index in [0.29, 0.717) is 18.5 Å². The van der Waals surface area contributed by atoms with E-state index in [4.69, 9.17) is 17.3 Å². The van der Waals surface area contributed by atoms with Gasteiger partial charge >= 0.3 is 0 Å². The zero-order chi connectivity index (χ0) is 14.5. The first-order valence-corrected chi connectivity index (χ1v) is 6.72. The molecule has 0 amide bonds. The molecule has 0 aromatic heterocycles. The molecule has 0 unspecified atom stereocenters. The zero-order valence-electron chi connectivity index (χ0n) is 10.9. The number of nitrogen functional groups attached to an aromatic ring is 1. The van der Waals surface area contributed by atoms with Gasteiger partial charge in [0, 0.05) is 18.5 Å². The van der Waals surface area contributed by atoms with E-state index in [1.807, 2.05) is 24.3 Å². The number of rotatable bonds is 5. The van der Waals surface area contributed by atoms with Crippen LogP contribution in [-0.2, 0) is 17.6 Å². The molecule has 2 rings (SSSR count). The van der Waals surface area contributed by atoms with E-state index >= 15 is 0 Å². The summed E-state index contributed by atoms with van der Waals surface area (Å²) >= 11 is 5.69. The summed E-state index contributed by atoms with van der Waals surface area (Å²) in [6.07, 6.45) is 1.39. The third-order valence-electron chi connectivity index (χ3n) is 3.06. The van der Waals surface area contributed by atoms with Crippen LogP contribution in [0.4, 0.5) is 10.1 Å². The van der Waals surface area contributed by atoms with Gasteiger partial charge in [-0.15, -0.1) is 0 Å². The largest absolute Gasteiger partial charge is 0.399 e. The third kappa shape index (κ3) is 4.07. The number of hydrogen-bond acceptors (Lipinski definition) is 2. The highest BCUT2D eigenvalue weighted by Gasteiger charge is 2.07. The van der Waals surface area contributed by atoms with Crippen molar-refractivity contribution in [3.05, 3.63) is 64.4 Å². The number of halogens is 2. The van der Waals surface area contributed by atoms with E-state index in [-0.39, 0.29) is 17.2 Å². The van der Waals surface area contributed by atoms with Gasteiger partial charge in [0.15, 0.2) is 0 Å². The Hall–Kier alpha value is -1.87. The second-order valence-electron chi connectivity index (χ2n) is 4.71. The Kier molecular flexibility index (Phi) is 4.74. The van der Waals surface area contributed by atoms with Crippen LogP contribution in [0, 0.1) is 5.82 Å². The summed E-state index contributed by atoms with van der Waals surface area (Å²) in [5.74, 6) is -0.366. The van der Waals surface area contributed by atoms with Gasteiger partial charge in [0.05, 0.1) is 5.02 Å². The van der Waals surface area contributed by atoms with Crippen LogP contribution in [0.3, 0.4) is 0 Å². The van der Waals surface area contributed by atoms with Gasteiger partial charge in [0.1, 0.15) is 11.6 Å². The molecule has 0 saturated heterocycles. The minimum Gasteiger partial charge on any atom is -0.399 e. The molecule has 0 aliphatic rings. The van der Waals surface area contributed by atoms with Crippen LogP contribution >= 0.6 is 11.6 Å². The molecule has 4 heteroatoms. The smallest absolute Gasteiger partial charge is 0.141 e. The minimum absolute atomic E-state index is 0.0498. The number of anilines is 1. The standard InChI is InChI=1S/C16H15ClFNO/c17-15-10-12(4-8-16(15)18)9-14(20)7-3-11-1-5-13(19)6-2-11/h1-2,4-6,8,10H,3,7,9,19H2. The first kappa shape index (κ1) is 14.5. The molecule has 20 heavy (non-hydrogen) atoms. The Morgan fingerprint density at radius 2 is 1.75 bits per heavy atom. The number of carbonyl (C=O) groups excluding carboxylic acids is 1. The van der Waals surface area contributed by atoms with Crippen molar-refractivity contribution in [2.75, 3.05) is 5.73 Å². The van der Waals surface area contributed by atoms with Gasteiger partial charge in [-0.25, -0.2) is 4.39 Å². The number of nitrogens with two attached hydrogens (primary N) is 1. The zero-order valence-corrected chi connectivity index (χ0v) is 11.7. The number of carbonyl (C=O) groups is 1. The quantitative estimate of drug-likeness (QED) is 0.851. The lowest BCUT2D eigenvalue weighted by atomic mass is 10.0. The van der Waals surface area contributed by atoms with E-state index in [2.05, 4.69) is 0 Å². The van der Waals surface area contributed by atoms with Crippen molar-refractivity contribution in [1.29, 1.82) is 0 Å². The van der Waals surface area contributed by atoms with E-state index in [0.717, 1.165) is 11.1 Å². The Morgan fingerprint density at radius 1 is 1.10 bits per heavy atom. The second kappa shape index (κ2) is 6.53. The lowest BCUT2D eigenvalue weighted by Crippen LogP contribution is -2.04. The highest BCUT2D eigenvalue weighted by molar-refractivity contribution is 6.30. The fraction of sp³-hybridized carbons (Fsp3) is 0.188. The molecular weight excluding hydrogens is 277 g/mol. The highest BCUT2D eigenvalue weighted by atomic mass is 35.5. The molecule has 104 valence electrons. The van der Waals surface area contributed by atoms with Crippen molar-refractivity contribution >= 4 is 23.1 Å². The van der Waals surface area contributed by atoms with Crippen molar-refractivity contribution < 1.29 is 9.18 Å². The molecule has 0 atom stereocenters. The fourth-order valence-electron chi connectivity index (χ4n) is 1.93. The minimum atomic E-state index is -0.468. The molecule has 2 aromatic carbocycles. The van der Waals surface area contributed by atoms with Gasteiger partial charge in [0.2, 0.25) is 0 Å². The molecule has 0 saturated carbocycles. The van der Waals surface area contributed by atoms with Gasteiger partial charge in [0.25, 0.3) is 0 Å². The van der Waals surface area contributed by atoms with Gasteiger partial charge in [-0.05, 0) is 41.8 Å². The predicted molar refractivity (Wildman–Crippen MR) is 79.3 cm³/mol. The van der Waals surface area contributed by atoms with E-state index in [9.17, 15) is 9.18 Å². The maximum atomic E-state index is 13.0. The van der Waals surface area contributed by atoms with Crippen LogP contribution in [0.25, 0.3) is 0 Å². The summed E-state index contributed by atoms with van der Waals surface area (Å²) in [6.45, 7) is 0. The first-order chi connectivity index (χ1) is 9.54. The molecule has 0 fully saturated rings. The Bertz CT molecular complexity index is 610. The Morgan fingerprint density at radius 3 is 2.40 bits per heavy atom. The summed E-state index contributed by atoms with van der Waals surface area (Å²) < 4.78 is 13.0. The summed E-state index contributed by atoms with van der Waals surface area (Å²) in [6, 6.07) is 11.8. The summed E-state index contributed by atoms with van der Waals surface area (Å²) in [5, 5.41) is 0.0498. The van der Waals surface area contributed by atoms with Gasteiger partial charge < -0.3 is 5.73 Å². The normalized spacial score (nSPS) is 10.5. The average molecular weight is 292 g/mol. The van der Waals surface area contributed by atoms with Crippen LogP contribution < -0.4 is 5.73 Å².